The van der Waals surface area contributed by atoms with E-state index in [9.17, 15) is 4.39 Å². The molecule has 0 N–H and O–H groups in total. The number of halogens is 2. The summed E-state index contributed by atoms with van der Waals surface area (Å²) in [5.74, 6) is 1.06. The maximum Gasteiger partial charge on any atom is 0.213 e. The van der Waals surface area contributed by atoms with Gasteiger partial charge >= 0.3 is 0 Å². The third-order valence-electron chi connectivity index (χ3n) is 6.44. The average Bonchev–Trinajstić information content (AvgIpc) is 2.77. The van der Waals surface area contributed by atoms with Crippen molar-refractivity contribution in [3.63, 3.8) is 0 Å². The first-order chi connectivity index (χ1) is 14.1. The minimum atomic E-state index is -0.194. The van der Waals surface area contributed by atoms with Gasteiger partial charge in [-0.3, -0.25) is 0 Å². The normalized spacial score (nSPS) is 19.5. The summed E-state index contributed by atoms with van der Waals surface area (Å²) >= 11 is 6.25. The molecular formula is C23H29ClFN3O. The van der Waals surface area contributed by atoms with Crippen molar-refractivity contribution in [3.05, 3.63) is 52.9 Å². The fraction of sp³-hybridized carbons (Fsp3) is 0.522. The second-order valence-corrected chi connectivity index (χ2v) is 8.60. The highest BCUT2D eigenvalue weighted by Gasteiger charge is 2.28. The second-order valence-electron chi connectivity index (χ2n) is 8.20. The molecule has 4 nitrogen and oxygen atoms in total. The van der Waals surface area contributed by atoms with Gasteiger partial charge in [-0.2, -0.15) is 0 Å². The summed E-state index contributed by atoms with van der Waals surface area (Å²) in [6.45, 7) is 4.40. The zero-order chi connectivity index (χ0) is 20.2. The zero-order valence-electron chi connectivity index (χ0n) is 17.0. The van der Waals surface area contributed by atoms with E-state index in [4.69, 9.17) is 16.3 Å². The van der Waals surface area contributed by atoms with Crippen LogP contribution in [0.2, 0.25) is 5.02 Å². The van der Waals surface area contributed by atoms with Crippen LogP contribution in [0.15, 0.2) is 36.5 Å². The first kappa shape index (κ1) is 20.4. The lowest BCUT2D eigenvalue weighted by Gasteiger charge is -2.42. The van der Waals surface area contributed by atoms with Gasteiger partial charge in [-0.25, -0.2) is 9.37 Å². The fourth-order valence-corrected chi connectivity index (χ4v) is 4.90. The molecule has 2 aromatic rings. The molecule has 2 saturated heterocycles. The molecule has 29 heavy (non-hydrogen) atoms. The van der Waals surface area contributed by atoms with Crippen LogP contribution in [-0.4, -0.2) is 49.2 Å². The zero-order valence-corrected chi connectivity index (χ0v) is 17.7. The summed E-state index contributed by atoms with van der Waals surface area (Å²) in [5, 5.41) is 0.689. The molecule has 0 bridgehead atoms. The van der Waals surface area contributed by atoms with Gasteiger partial charge in [0.15, 0.2) is 0 Å². The van der Waals surface area contributed by atoms with E-state index in [1.54, 1.807) is 19.2 Å². The van der Waals surface area contributed by atoms with E-state index < -0.39 is 0 Å². The largest absolute Gasteiger partial charge is 0.481 e. The Morgan fingerprint density at radius 2 is 1.83 bits per heavy atom. The summed E-state index contributed by atoms with van der Waals surface area (Å²) in [7, 11) is 1.64. The Labute approximate surface area is 177 Å². The highest BCUT2D eigenvalue weighted by molar-refractivity contribution is 6.31. The van der Waals surface area contributed by atoms with Gasteiger partial charge in [0.25, 0.3) is 0 Å². The van der Waals surface area contributed by atoms with Crippen molar-refractivity contribution < 1.29 is 9.13 Å². The van der Waals surface area contributed by atoms with Crippen LogP contribution in [0.4, 0.5) is 10.1 Å². The molecule has 0 amide bonds. The fourth-order valence-electron chi connectivity index (χ4n) is 4.70. The first-order valence-corrected chi connectivity index (χ1v) is 10.9. The number of likely N-dealkylation sites (tertiary alicyclic amines) is 1. The number of nitrogens with zero attached hydrogens (tertiary/aromatic N) is 3. The summed E-state index contributed by atoms with van der Waals surface area (Å²) in [6.07, 6.45) is 7.49. The van der Waals surface area contributed by atoms with Crippen LogP contribution in [-0.2, 0) is 6.42 Å². The van der Waals surface area contributed by atoms with Crippen LogP contribution in [0.1, 0.15) is 31.2 Å². The van der Waals surface area contributed by atoms with Crippen molar-refractivity contribution in [1.82, 2.24) is 9.88 Å². The predicted octanol–water partition coefficient (Wildman–Crippen LogP) is 4.81. The molecule has 2 aliphatic rings. The summed E-state index contributed by atoms with van der Waals surface area (Å²) in [6, 6.07) is 9.39. The van der Waals surface area contributed by atoms with Gasteiger partial charge < -0.3 is 14.5 Å². The molecule has 0 unspecified atom stereocenters. The van der Waals surface area contributed by atoms with Gasteiger partial charge in [-0.1, -0.05) is 11.6 Å². The number of anilines is 1. The van der Waals surface area contributed by atoms with Gasteiger partial charge in [0, 0.05) is 30.2 Å². The standard InChI is InChI=1S/C23H29ClFN3O/c1-29-23-5-3-21(16-26-23)28-12-8-20(9-13-28)27-10-6-17(7-11-27)14-18-15-19(25)2-4-22(18)24/h2-5,15-17,20H,6-14H2,1H3. The monoisotopic (exact) mass is 417 g/mol. The van der Waals surface area contributed by atoms with Crippen molar-refractivity contribution in [3.8, 4) is 5.88 Å². The average molecular weight is 418 g/mol. The van der Waals surface area contributed by atoms with Gasteiger partial charge in [0.1, 0.15) is 5.82 Å². The number of ether oxygens (including phenoxy) is 1. The minimum Gasteiger partial charge on any atom is -0.481 e. The maximum atomic E-state index is 13.5. The number of benzene rings is 1. The first-order valence-electron chi connectivity index (χ1n) is 10.6. The Hall–Kier alpha value is -1.85. The quantitative estimate of drug-likeness (QED) is 0.698. The topological polar surface area (TPSA) is 28.6 Å². The molecule has 0 spiro atoms. The van der Waals surface area contributed by atoms with Crippen LogP contribution < -0.4 is 9.64 Å². The smallest absolute Gasteiger partial charge is 0.213 e. The van der Waals surface area contributed by atoms with Crippen molar-refractivity contribution in [1.29, 1.82) is 0 Å². The minimum absolute atomic E-state index is 0.194. The van der Waals surface area contributed by atoms with Crippen molar-refractivity contribution in [2.24, 2.45) is 5.92 Å². The molecule has 1 aromatic heterocycles. The van der Waals surface area contributed by atoms with Gasteiger partial charge in [0.05, 0.1) is 19.0 Å². The molecule has 2 fully saturated rings. The van der Waals surface area contributed by atoms with E-state index in [0.29, 0.717) is 22.9 Å². The highest BCUT2D eigenvalue weighted by atomic mass is 35.5. The SMILES string of the molecule is COc1ccc(N2CCC(N3CCC(Cc4cc(F)ccc4Cl)CC3)CC2)cn1. The van der Waals surface area contributed by atoms with E-state index in [0.717, 1.165) is 51.0 Å². The van der Waals surface area contributed by atoms with Gasteiger partial charge in [-0.05, 0) is 80.9 Å². The Morgan fingerprint density at radius 3 is 2.48 bits per heavy atom. The van der Waals surface area contributed by atoms with E-state index in [2.05, 4.69) is 20.9 Å². The predicted molar refractivity (Wildman–Crippen MR) is 115 cm³/mol. The summed E-state index contributed by atoms with van der Waals surface area (Å²) in [5.41, 5.74) is 2.13. The lowest BCUT2D eigenvalue weighted by Crippen LogP contribution is -2.48. The third kappa shape index (κ3) is 5.01. The van der Waals surface area contributed by atoms with Crippen molar-refractivity contribution >= 4 is 17.3 Å². The van der Waals surface area contributed by atoms with Crippen LogP contribution in [0.3, 0.4) is 0 Å². The number of hydrogen-bond donors (Lipinski definition) is 0. The molecule has 1 aromatic carbocycles. The Balaban J connectivity index is 1.25. The number of methoxy groups -OCH3 is 1. The van der Waals surface area contributed by atoms with Crippen LogP contribution in [0, 0.1) is 11.7 Å². The molecule has 0 atom stereocenters. The molecule has 0 radical (unpaired) electrons. The Bertz CT molecular complexity index is 800. The van der Waals surface area contributed by atoms with E-state index in [1.165, 1.54) is 24.6 Å². The summed E-state index contributed by atoms with van der Waals surface area (Å²) in [4.78, 5) is 9.41. The lowest BCUT2D eigenvalue weighted by molar-refractivity contribution is 0.115. The van der Waals surface area contributed by atoms with Crippen molar-refractivity contribution in [2.75, 3.05) is 38.2 Å². The van der Waals surface area contributed by atoms with Crippen molar-refractivity contribution in [2.45, 2.75) is 38.1 Å². The molecule has 6 heteroatoms. The van der Waals surface area contributed by atoms with Crippen LogP contribution >= 0.6 is 11.6 Å². The highest BCUT2D eigenvalue weighted by Crippen LogP contribution is 2.29. The molecule has 0 saturated carbocycles. The third-order valence-corrected chi connectivity index (χ3v) is 6.81. The molecular weight excluding hydrogens is 389 g/mol. The number of piperidine rings is 2. The molecule has 2 aliphatic heterocycles. The lowest BCUT2D eigenvalue weighted by atomic mass is 9.88. The molecule has 156 valence electrons. The van der Waals surface area contributed by atoms with Gasteiger partial charge in [0.2, 0.25) is 5.88 Å². The Morgan fingerprint density at radius 1 is 1.07 bits per heavy atom. The van der Waals surface area contributed by atoms with E-state index in [1.807, 2.05) is 12.3 Å². The van der Waals surface area contributed by atoms with E-state index >= 15 is 0 Å². The van der Waals surface area contributed by atoms with Gasteiger partial charge in [-0.15, -0.1) is 0 Å². The number of hydrogen-bond acceptors (Lipinski definition) is 4. The molecule has 3 heterocycles. The number of pyridine rings is 1. The second kappa shape index (κ2) is 9.31. The van der Waals surface area contributed by atoms with Crippen LogP contribution in [0.25, 0.3) is 0 Å². The van der Waals surface area contributed by atoms with Crippen LogP contribution in [0.5, 0.6) is 5.88 Å². The van der Waals surface area contributed by atoms with E-state index in [-0.39, 0.29) is 5.82 Å². The maximum absolute atomic E-state index is 13.5. The number of aromatic nitrogens is 1. The molecule has 0 aliphatic carbocycles. The number of rotatable bonds is 5. The molecule has 4 rings (SSSR count). The summed E-state index contributed by atoms with van der Waals surface area (Å²) < 4.78 is 18.7. The Kier molecular flexibility index (Phi) is 6.56.